The van der Waals surface area contributed by atoms with Crippen LogP contribution in [0.15, 0.2) is 6.20 Å². The molecule has 1 aliphatic rings. The smallest absolute Gasteiger partial charge is 0.0849 e. The molecule has 4 heteroatoms. The molecule has 14 heavy (non-hydrogen) atoms. The highest BCUT2D eigenvalue weighted by molar-refractivity contribution is 4.93. The molecule has 0 radical (unpaired) electrons. The van der Waals surface area contributed by atoms with Gasteiger partial charge in [0.15, 0.2) is 0 Å². The van der Waals surface area contributed by atoms with Crippen LogP contribution in [0.5, 0.6) is 0 Å². The summed E-state index contributed by atoms with van der Waals surface area (Å²) >= 11 is 0. The maximum atomic E-state index is 8.74. The standard InChI is InChI=1S/C10H17N3O/c1-10(4-2-5-10)8-13-7-9(3-6-14)11-12-13/h7,14H,2-6,8H2,1H3. The van der Waals surface area contributed by atoms with Crippen molar-refractivity contribution in [3.05, 3.63) is 11.9 Å². The van der Waals surface area contributed by atoms with Gasteiger partial charge in [-0.25, -0.2) is 0 Å². The molecular formula is C10H17N3O. The maximum Gasteiger partial charge on any atom is 0.0849 e. The summed E-state index contributed by atoms with van der Waals surface area (Å²) in [7, 11) is 0. The second-order valence-electron chi connectivity index (χ2n) is 4.55. The van der Waals surface area contributed by atoms with E-state index in [0.717, 1.165) is 12.2 Å². The Balaban J connectivity index is 1.95. The normalized spacial score (nSPS) is 19.3. The zero-order valence-electron chi connectivity index (χ0n) is 8.61. The molecule has 1 fully saturated rings. The van der Waals surface area contributed by atoms with Crippen LogP contribution in [0, 0.1) is 5.41 Å². The summed E-state index contributed by atoms with van der Waals surface area (Å²) in [5.41, 5.74) is 1.32. The van der Waals surface area contributed by atoms with E-state index in [4.69, 9.17) is 5.11 Å². The summed E-state index contributed by atoms with van der Waals surface area (Å²) in [6.45, 7) is 3.41. The fourth-order valence-electron chi connectivity index (χ4n) is 1.97. The predicted octanol–water partition coefficient (Wildman–Crippen LogP) is 1.00. The van der Waals surface area contributed by atoms with E-state index in [0.29, 0.717) is 11.8 Å². The number of hydrogen-bond donors (Lipinski definition) is 1. The lowest BCUT2D eigenvalue weighted by atomic mass is 9.70. The summed E-state index contributed by atoms with van der Waals surface area (Å²) < 4.78 is 1.91. The van der Waals surface area contributed by atoms with Crippen LogP contribution < -0.4 is 0 Å². The molecule has 2 rings (SSSR count). The number of rotatable bonds is 4. The molecule has 78 valence electrons. The molecule has 1 aromatic heterocycles. The molecule has 0 atom stereocenters. The molecule has 1 saturated carbocycles. The minimum atomic E-state index is 0.149. The van der Waals surface area contributed by atoms with Gasteiger partial charge in [0, 0.05) is 25.8 Å². The lowest BCUT2D eigenvalue weighted by Crippen LogP contribution is -2.30. The van der Waals surface area contributed by atoms with Gasteiger partial charge in [0.05, 0.1) is 5.69 Å². The number of hydrogen-bond acceptors (Lipinski definition) is 3. The average molecular weight is 195 g/mol. The summed E-state index contributed by atoms with van der Waals surface area (Å²) in [4.78, 5) is 0. The molecule has 0 unspecified atom stereocenters. The zero-order chi connectivity index (χ0) is 10.0. The van der Waals surface area contributed by atoms with Crippen LogP contribution in [-0.2, 0) is 13.0 Å². The highest BCUT2D eigenvalue weighted by Gasteiger charge is 2.32. The van der Waals surface area contributed by atoms with Crippen LogP contribution in [0.1, 0.15) is 31.9 Å². The number of aliphatic hydroxyl groups excluding tert-OH is 1. The maximum absolute atomic E-state index is 8.74. The highest BCUT2D eigenvalue weighted by atomic mass is 16.3. The lowest BCUT2D eigenvalue weighted by molar-refractivity contribution is 0.125. The Morgan fingerprint density at radius 3 is 2.93 bits per heavy atom. The Kier molecular flexibility index (Phi) is 2.54. The summed E-state index contributed by atoms with van der Waals surface area (Å²) in [5, 5.41) is 16.8. The van der Waals surface area contributed by atoms with Crippen molar-refractivity contribution in [3.8, 4) is 0 Å². The van der Waals surface area contributed by atoms with Crippen LogP contribution >= 0.6 is 0 Å². The first kappa shape index (κ1) is 9.65. The van der Waals surface area contributed by atoms with E-state index in [9.17, 15) is 0 Å². The van der Waals surface area contributed by atoms with Gasteiger partial charge in [-0.3, -0.25) is 4.68 Å². The van der Waals surface area contributed by atoms with Gasteiger partial charge in [-0.2, -0.15) is 0 Å². The first-order valence-electron chi connectivity index (χ1n) is 5.22. The number of aliphatic hydroxyl groups is 1. The molecule has 0 aliphatic heterocycles. The third kappa shape index (κ3) is 1.95. The van der Waals surface area contributed by atoms with E-state index in [-0.39, 0.29) is 6.61 Å². The van der Waals surface area contributed by atoms with Crippen molar-refractivity contribution < 1.29 is 5.11 Å². The molecule has 1 aromatic rings. The van der Waals surface area contributed by atoms with Crippen LogP contribution in [0.2, 0.25) is 0 Å². The molecule has 0 aromatic carbocycles. The SMILES string of the molecule is CC1(Cn2cc(CCO)nn2)CCC1. The molecule has 4 nitrogen and oxygen atoms in total. The Hall–Kier alpha value is -0.900. The van der Waals surface area contributed by atoms with Crippen LogP contribution in [0.4, 0.5) is 0 Å². The molecule has 0 amide bonds. The molecule has 0 bridgehead atoms. The topological polar surface area (TPSA) is 50.9 Å². The monoisotopic (exact) mass is 195 g/mol. The Bertz CT molecular complexity index is 304. The van der Waals surface area contributed by atoms with Crippen LogP contribution in [-0.4, -0.2) is 26.7 Å². The van der Waals surface area contributed by atoms with Crippen LogP contribution in [0.25, 0.3) is 0 Å². The third-order valence-electron chi connectivity index (χ3n) is 3.06. The zero-order valence-corrected chi connectivity index (χ0v) is 8.61. The summed E-state index contributed by atoms with van der Waals surface area (Å²) in [6, 6.07) is 0. The quantitative estimate of drug-likeness (QED) is 0.780. The van der Waals surface area contributed by atoms with Gasteiger partial charge in [-0.15, -0.1) is 5.10 Å². The molecule has 0 spiro atoms. The second kappa shape index (κ2) is 3.69. The third-order valence-corrected chi connectivity index (χ3v) is 3.06. The molecule has 1 heterocycles. The first-order valence-corrected chi connectivity index (χ1v) is 5.22. The van der Waals surface area contributed by atoms with E-state index < -0.39 is 0 Å². The Morgan fingerprint density at radius 1 is 1.57 bits per heavy atom. The van der Waals surface area contributed by atoms with E-state index in [1.807, 2.05) is 10.9 Å². The predicted molar refractivity (Wildman–Crippen MR) is 52.8 cm³/mol. The average Bonchev–Trinajstić information content (AvgIpc) is 2.51. The van der Waals surface area contributed by atoms with Crippen molar-refractivity contribution in [3.63, 3.8) is 0 Å². The van der Waals surface area contributed by atoms with Gasteiger partial charge < -0.3 is 5.11 Å². The minimum absolute atomic E-state index is 0.149. The Morgan fingerprint density at radius 2 is 2.36 bits per heavy atom. The van der Waals surface area contributed by atoms with Gasteiger partial charge in [0.1, 0.15) is 0 Å². The van der Waals surface area contributed by atoms with E-state index in [1.165, 1.54) is 19.3 Å². The van der Waals surface area contributed by atoms with Gasteiger partial charge in [0.25, 0.3) is 0 Å². The van der Waals surface area contributed by atoms with Gasteiger partial charge in [0.2, 0.25) is 0 Å². The molecular weight excluding hydrogens is 178 g/mol. The van der Waals surface area contributed by atoms with Crippen molar-refractivity contribution in [2.24, 2.45) is 5.41 Å². The van der Waals surface area contributed by atoms with Crippen molar-refractivity contribution in [1.82, 2.24) is 15.0 Å². The van der Waals surface area contributed by atoms with Crippen molar-refractivity contribution in [2.75, 3.05) is 6.61 Å². The molecule has 1 N–H and O–H groups in total. The van der Waals surface area contributed by atoms with Crippen molar-refractivity contribution >= 4 is 0 Å². The largest absolute Gasteiger partial charge is 0.396 e. The first-order chi connectivity index (χ1) is 6.72. The van der Waals surface area contributed by atoms with E-state index in [2.05, 4.69) is 17.2 Å². The number of nitrogens with zero attached hydrogens (tertiary/aromatic N) is 3. The van der Waals surface area contributed by atoms with Crippen molar-refractivity contribution in [1.29, 1.82) is 0 Å². The molecule has 0 saturated heterocycles. The van der Waals surface area contributed by atoms with Gasteiger partial charge in [-0.05, 0) is 18.3 Å². The van der Waals surface area contributed by atoms with Crippen LogP contribution in [0.3, 0.4) is 0 Å². The fraction of sp³-hybridized carbons (Fsp3) is 0.800. The summed E-state index contributed by atoms with van der Waals surface area (Å²) in [6.07, 6.45) is 6.48. The fourth-order valence-corrected chi connectivity index (χ4v) is 1.97. The number of aromatic nitrogens is 3. The lowest BCUT2D eigenvalue weighted by Gasteiger charge is -2.37. The minimum Gasteiger partial charge on any atom is -0.396 e. The second-order valence-corrected chi connectivity index (χ2v) is 4.55. The Labute approximate surface area is 83.9 Å². The molecule has 1 aliphatic carbocycles. The van der Waals surface area contributed by atoms with Gasteiger partial charge in [-0.1, -0.05) is 18.6 Å². The summed E-state index contributed by atoms with van der Waals surface area (Å²) in [5.74, 6) is 0. The van der Waals surface area contributed by atoms with E-state index >= 15 is 0 Å². The van der Waals surface area contributed by atoms with Crippen molar-refractivity contribution in [2.45, 2.75) is 39.2 Å². The van der Waals surface area contributed by atoms with E-state index in [1.54, 1.807) is 0 Å². The van der Waals surface area contributed by atoms with Gasteiger partial charge >= 0.3 is 0 Å². The highest BCUT2D eigenvalue weighted by Crippen LogP contribution is 2.41.